The van der Waals surface area contributed by atoms with E-state index in [9.17, 15) is 14.4 Å². The molecule has 2 N–H and O–H groups in total. The summed E-state index contributed by atoms with van der Waals surface area (Å²) >= 11 is 5.96. The molecule has 1 aromatic carbocycles. The van der Waals surface area contributed by atoms with Crippen LogP contribution in [-0.4, -0.2) is 34.8 Å². The number of carbonyl (C=O) groups is 3. The van der Waals surface area contributed by atoms with Gasteiger partial charge in [-0.3, -0.25) is 14.5 Å². The van der Waals surface area contributed by atoms with E-state index in [2.05, 4.69) is 10.6 Å². The van der Waals surface area contributed by atoms with Gasteiger partial charge in [0.1, 0.15) is 5.54 Å². The van der Waals surface area contributed by atoms with Gasteiger partial charge in [-0.25, -0.2) is 4.79 Å². The molecule has 0 radical (unpaired) electrons. The van der Waals surface area contributed by atoms with Gasteiger partial charge in [-0.1, -0.05) is 36.6 Å². The molecule has 2 saturated carbocycles. The minimum absolute atomic E-state index is 0.00300. The van der Waals surface area contributed by atoms with Gasteiger partial charge in [0.15, 0.2) is 0 Å². The zero-order valence-corrected chi connectivity index (χ0v) is 16.6. The van der Waals surface area contributed by atoms with E-state index in [4.69, 9.17) is 11.6 Å². The predicted octanol–water partition coefficient (Wildman–Crippen LogP) is 3.55. The fourth-order valence-electron chi connectivity index (χ4n) is 4.41. The zero-order chi connectivity index (χ0) is 19.7. The van der Waals surface area contributed by atoms with Crippen molar-refractivity contribution < 1.29 is 14.4 Å². The number of rotatable bonds is 7. The van der Waals surface area contributed by atoms with Crippen LogP contribution in [0.4, 0.5) is 4.79 Å². The first-order valence-corrected chi connectivity index (χ1v) is 10.6. The van der Waals surface area contributed by atoms with Crippen molar-refractivity contribution >= 4 is 29.4 Å². The Morgan fingerprint density at radius 1 is 1.21 bits per heavy atom. The van der Waals surface area contributed by atoms with Gasteiger partial charge >= 0.3 is 6.03 Å². The van der Waals surface area contributed by atoms with Crippen LogP contribution in [0.15, 0.2) is 24.3 Å². The maximum Gasteiger partial charge on any atom is 0.325 e. The lowest BCUT2D eigenvalue weighted by Gasteiger charge is -2.20. The van der Waals surface area contributed by atoms with Gasteiger partial charge in [0.2, 0.25) is 5.91 Å². The summed E-state index contributed by atoms with van der Waals surface area (Å²) in [6.07, 6.45) is 6.36. The molecule has 1 atom stereocenters. The second kappa shape index (κ2) is 7.74. The molecule has 0 bridgehead atoms. The second-order valence-corrected chi connectivity index (χ2v) is 8.65. The summed E-state index contributed by atoms with van der Waals surface area (Å²) in [4.78, 5) is 38.6. The summed E-state index contributed by atoms with van der Waals surface area (Å²) in [6, 6.07) is 7.29. The SMILES string of the molecule is O=C(CCCN1C(=O)NC2(CCCC2)C1=O)NC(c1ccc(Cl)cc1)C1CC1. The summed E-state index contributed by atoms with van der Waals surface area (Å²) in [5.41, 5.74) is 0.392. The Labute approximate surface area is 170 Å². The number of hydrogen-bond acceptors (Lipinski definition) is 3. The number of benzene rings is 1. The maximum absolute atomic E-state index is 12.6. The third-order valence-corrected chi connectivity index (χ3v) is 6.38. The molecule has 1 aromatic rings. The Morgan fingerprint density at radius 3 is 2.54 bits per heavy atom. The fraction of sp³-hybridized carbons (Fsp3) is 0.571. The summed E-state index contributed by atoms with van der Waals surface area (Å²) in [5.74, 6) is 0.306. The van der Waals surface area contributed by atoms with E-state index in [-0.39, 0.29) is 30.4 Å². The van der Waals surface area contributed by atoms with E-state index in [0.29, 0.717) is 23.8 Å². The summed E-state index contributed by atoms with van der Waals surface area (Å²) in [6.45, 7) is 0.287. The zero-order valence-electron chi connectivity index (χ0n) is 15.9. The molecule has 6 nitrogen and oxygen atoms in total. The lowest BCUT2D eigenvalue weighted by Crippen LogP contribution is -2.44. The van der Waals surface area contributed by atoms with E-state index in [1.807, 2.05) is 24.3 Å². The van der Waals surface area contributed by atoms with Gasteiger partial charge < -0.3 is 10.6 Å². The lowest BCUT2D eigenvalue weighted by molar-refractivity contribution is -0.131. The van der Waals surface area contributed by atoms with Crippen LogP contribution in [-0.2, 0) is 9.59 Å². The van der Waals surface area contributed by atoms with Crippen LogP contribution >= 0.6 is 11.6 Å². The van der Waals surface area contributed by atoms with E-state index in [0.717, 1.165) is 44.1 Å². The first-order valence-electron chi connectivity index (χ1n) is 10.2. The molecule has 28 heavy (non-hydrogen) atoms. The summed E-state index contributed by atoms with van der Waals surface area (Å²) < 4.78 is 0. The molecule has 3 fully saturated rings. The normalized spacial score (nSPS) is 21.8. The number of carbonyl (C=O) groups excluding carboxylic acids is 3. The highest BCUT2D eigenvalue weighted by Crippen LogP contribution is 2.41. The van der Waals surface area contributed by atoms with Crippen molar-refractivity contribution in [1.82, 2.24) is 15.5 Å². The second-order valence-electron chi connectivity index (χ2n) is 8.21. The van der Waals surface area contributed by atoms with Crippen LogP contribution in [0, 0.1) is 5.92 Å². The molecule has 1 saturated heterocycles. The van der Waals surface area contributed by atoms with Crippen molar-refractivity contribution in [3.05, 3.63) is 34.9 Å². The van der Waals surface area contributed by atoms with Crippen LogP contribution in [0.5, 0.6) is 0 Å². The Hall–Kier alpha value is -2.08. The first kappa shape index (κ1) is 19.2. The lowest BCUT2D eigenvalue weighted by atomic mass is 9.98. The highest BCUT2D eigenvalue weighted by Gasteiger charge is 2.52. The van der Waals surface area contributed by atoms with Crippen molar-refractivity contribution in [2.24, 2.45) is 5.92 Å². The number of hydrogen-bond donors (Lipinski definition) is 2. The number of nitrogens with one attached hydrogen (secondary N) is 2. The molecule has 7 heteroatoms. The quantitative estimate of drug-likeness (QED) is 0.683. The number of imide groups is 1. The molecular formula is C21H26ClN3O3. The van der Waals surface area contributed by atoms with E-state index in [1.54, 1.807) is 0 Å². The van der Waals surface area contributed by atoms with E-state index >= 15 is 0 Å². The molecule has 1 heterocycles. The van der Waals surface area contributed by atoms with Crippen LogP contribution in [0.25, 0.3) is 0 Å². The Morgan fingerprint density at radius 2 is 1.89 bits per heavy atom. The van der Waals surface area contributed by atoms with Crippen LogP contribution < -0.4 is 10.6 Å². The van der Waals surface area contributed by atoms with Gasteiger partial charge in [0, 0.05) is 18.0 Å². The standard InChI is InChI=1S/C21H26ClN3O3/c22-16-9-7-15(8-10-16)18(14-5-6-14)23-17(26)4-3-13-25-19(27)21(24-20(25)28)11-1-2-12-21/h7-10,14,18H,1-6,11-13H2,(H,23,26)(H,24,28). The minimum atomic E-state index is -0.676. The average molecular weight is 404 g/mol. The van der Waals surface area contributed by atoms with Gasteiger partial charge in [0.05, 0.1) is 6.04 Å². The smallest absolute Gasteiger partial charge is 0.325 e. The maximum atomic E-state index is 12.6. The molecule has 1 aliphatic heterocycles. The van der Waals surface area contributed by atoms with Crippen LogP contribution in [0.1, 0.15) is 63.0 Å². The first-order chi connectivity index (χ1) is 13.5. The summed E-state index contributed by atoms with van der Waals surface area (Å²) in [7, 11) is 0. The van der Waals surface area contributed by atoms with Crippen molar-refractivity contribution in [3.8, 4) is 0 Å². The monoisotopic (exact) mass is 403 g/mol. The molecule has 0 aromatic heterocycles. The van der Waals surface area contributed by atoms with Gasteiger partial charge in [-0.2, -0.15) is 0 Å². The largest absolute Gasteiger partial charge is 0.349 e. The minimum Gasteiger partial charge on any atom is -0.349 e. The molecule has 3 aliphatic rings. The van der Waals surface area contributed by atoms with Gasteiger partial charge in [0.25, 0.3) is 5.91 Å². The number of urea groups is 1. The van der Waals surface area contributed by atoms with Gasteiger partial charge in [-0.05, 0) is 55.7 Å². The fourth-order valence-corrected chi connectivity index (χ4v) is 4.54. The Balaban J connectivity index is 1.29. The topological polar surface area (TPSA) is 78.5 Å². The van der Waals surface area contributed by atoms with Crippen molar-refractivity contribution in [2.75, 3.05) is 6.54 Å². The number of halogens is 1. The molecular weight excluding hydrogens is 378 g/mol. The number of amides is 4. The molecule has 1 unspecified atom stereocenters. The van der Waals surface area contributed by atoms with Crippen LogP contribution in [0.2, 0.25) is 5.02 Å². The van der Waals surface area contributed by atoms with E-state index < -0.39 is 5.54 Å². The van der Waals surface area contributed by atoms with E-state index in [1.165, 1.54) is 4.90 Å². The summed E-state index contributed by atoms with van der Waals surface area (Å²) in [5, 5.41) is 6.68. The van der Waals surface area contributed by atoms with Crippen molar-refractivity contribution in [1.29, 1.82) is 0 Å². The predicted molar refractivity (Wildman–Crippen MR) is 106 cm³/mol. The van der Waals surface area contributed by atoms with Crippen LogP contribution in [0.3, 0.4) is 0 Å². The Bertz CT molecular complexity index is 770. The third kappa shape index (κ3) is 3.88. The molecule has 2 aliphatic carbocycles. The van der Waals surface area contributed by atoms with Gasteiger partial charge in [-0.15, -0.1) is 0 Å². The molecule has 150 valence electrons. The Kier molecular flexibility index (Phi) is 5.32. The molecule has 4 rings (SSSR count). The van der Waals surface area contributed by atoms with Crippen molar-refractivity contribution in [3.63, 3.8) is 0 Å². The average Bonchev–Trinajstić information content (AvgIpc) is 3.36. The van der Waals surface area contributed by atoms with Crippen molar-refractivity contribution in [2.45, 2.75) is 62.9 Å². The highest BCUT2D eigenvalue weighted by atomic mass is 35.5. The third-order valence-electron chi connectivity index (χ3n) is 6.13. The molecule has 4 amide bonds. The number of nitrogens with zero attached hydrogens (tertiary/aromatic N) is 1. The molecule has 1 spiro atoms. The highest BCUT2D eigenvalue weighted by molar-refractivity contribution is 6.30.